The fraction of sp³-hybridized carbons (Fsp3) is 0.500. The van der Waals surface area contributed by atoms with E-state index in [9.17, 15) is 9.59 Å². The van der Waals surface area contributed by atoms with E-state index in [4.69, 9.17) is 26.2 Å². The molecule has 0 atom stereocenters. The topological polar surface area (TPSA) is 76.1 Å². The number of methoxy groups -OCH3 is 1. The Morgan fingerprint density at radius 2 is 2.00 bits per heavy atom. The van der Waals surface area contributed by atoms with Crippen molar-refractivity contribution in [3.05, 3.63) is 22.7 Å². The van der Waals surface area contributed by atoms with E-state index in [-0.39, 0.29) is 23.9 Å². The van der Waals surface area contributed by atoms with Crippen LogP contribution >= 0.6 is 11.6 Å². The molecule has 0 unspecified atom stereocenters. The van der Waals surface area contributed by atoms with Crippen molar-refractivity contribution in [2.24, 2.45) is 5.92 Å². The summed E-state index contributed by atoms with van der Waals surface area (Å²) >= 11 is 6.20. The molecule has 1 rings (SSSR count). The van der Waals surface area contributed by atoms with Gasteiger partial charge >= 0.3 is 5.97 Å². The molecule has 23 heavy (non-hydrogen) atoms. The summed E-state index contributed by atoms with van der Waals surface area (Å²) in [6.07, 6.45) is -0.122. The van der Waals surface area contributed by atoms with E-state index in [1.165, 1.54) is 25.1 Å². The maximum atomic E-state index is 12.3. The number of carbonyl (C=O) groups is 2. The number of benzene rings is 1. The molecule has 0 aliphatic heterocycles. The van der Waals surface area contributed by atoms with Crippen molar-refractivity contribution in [3.8, 4) is 11.5 Å². The van der Waals surface area contributed by atoms with Crippen molar-refractivity contribution in [2.45, 2.75) is 20.3 Å². The van der Waals surface area contributed by atoms with Crippen molar-refractivity contribution in [1.29, 1.82) is 0 Å². The fourth-order valence-electron chi connectivity index (χ4n) is 1.82. The second-order valence-corrected chi connectivity index (χ2v) is 5.97. The molecule has 1 N–H and O–H groups in total. The molecule has 0 spiro atoms. The molecule has 1 aromatic carbocycles. The van der Waals surface area contributed by atoms with Gasteiger partial charge in [-0.3, -0.25) is 9.59 Å². The minimum atomic E-state index is -0.960. The second kappa shape index (κ2) is 8.62. The first-order valence-electron chi connectivity index (χ1n) is 7.23. The number of hydrogen-bond donors (Lipinski definition) is 1. The van der Waals surface area contributed by atoms with Gasteiger partial charge in [0, 0.05) is 19.2 Å². The Kier molecular flexibility index (Phi) is 7.16. The van der Waals surface area contributed by atoms with E-state index in [2.05, 4.69) is 0 Å². The van der Waals surface area contributed by atoms with Gasteiger partial charge in [0.05, 0.1) is 25.2 Å². The summed E-state index contributed by atoms with van der Waals surface area (Å²) < 4.78 is 10.9. The average molecular weight is 344 g/mol. The highest BCUT2D eigenvalue weighted by Crippen LogP contribution is 2.37. The number of carboxylic acid groups (broad SMARTS) is 1. The number of nitrogens with zero attached hydrogens (tertiary/aromatic N) is 1. The first-order valence-corrected chi connectivity index (χ1v) is 7.61. The van der Waals surface area contributed by atoms with E-state index in [1.807, 2.05) is 13.8 Å². The van der Waals surface area contributed by atoms with Crippen LogP contribution in [0.4, 0.5) is 0 Å². The Morgan fingerprint density at radius 3 is 2.52 bits per heavy atom. The zero-order chi connectivity index (χ0) is 17.6. The molecule has 1 aromatic rings. The molecule has 0 aliphatic rings. The van der Waals surface area contributed by atoms with Crippen molar-refractivity contribution in [2.75, 3.05) is 27.3 Å². The van der Waals surface area contributed by atoms with Crippen LogP contribution in [0.1, 0.15) is 30.6 Å². The average Bonchev–Trinajstić information content (AvgIpc) is 2.49. The summed E-state index contributed by atoms with van der Waals surface area (Å²) in [6, 6.07) is 3.04. The molecule has 6 nitrogen and oxygen atoms in total. The van der Waals surface area contributed by atoms with Gasteiger partial charge in [-0.1, -0.05) is 25.4 Å². The molecule has 0 heterocycles. The van der Waals surface area contributed by atoms with Crippen LogP contribution in [-0.2, 0) is 4.79 Å². The zero-order valence-electron chi connectivity index (χ0n) is 13.8. The molecule has 0 bridgehead atoms. The molecule has 7 heteroatoms. The molecule has 0 fully saturated rings. The summed E-state index contributed by atoms with van der Waals surface area (Å²) in [4.78, 5) is 24.3. The minimum absolute atomic E-state index is 0.111. The van der Waals surface area contributed by atoms with Gasteiger partial charge in [0.15, 0.2) is 11.5 Å². The maximum Gasteiger partial charge on any atom is 0.305 e. The number of carboxylic acids is 1. The zero-order valence-corrected chi connectivity index (χ0v) is 14.5. The summed E-state index contributed by atoms with van der Waals surface area (Å²) in [5.74, 6) is -0.209. The van der Waals surface area contributed by atoms with Gasteiger partial charge in [-0.25, -0.2) is 0 Å². The van der Waals surface area contributed by atoms with Gasteiger partial charge in [-0.15, -0.1) is 0 Å². The third-order valence-corrected chi connectivity index (χ3v) is 3.33. The number of ether oxygens (including phenoxy) is 2. The van der Waals surface area contributed by atoms with Gasteiger partial charge in [0.2, 0.25) is 0 Å². The first-order chi connectivity index (χ1) is 10.8. The van der Waals surface area contributed by atoms with Gasteiger partial charge in [0.25, 0.3) is 5.91 Å². The third kappa shape index (κ3) is 5.63. The molecule has 0 saturated heterocycles. The van der Waals surface area contributed by atoms with E-state index < -0.39 is 5.97 Å². The number of halogens is 1. The number of rotatable bonds is 8. The Labute approximate surface area is 140 Å². The molecular weight excluding hydrogens is 322 g/mol. The number of aliphatic carboxylic acids is 1. The van der Waals surface area contributed by atoms with Crippen LogP contribution in [0.5, 0.6) is 11.5 Å². The minimum Gasteiger partial charge on any atom is -0.493 e. The van der Waals surface area contributed by atoms with Crippen molar-refractivity contribution >= 4 is 23.5 Å². The monoisotopic (exact) mass is 343 g/mol. The van der Waals surface area contributed by atoms with E-state index in [1.54, 1.807) is 6.07 Å². The highest BCUT2D eigenvalue weighted by atomic mass is 35.5. The Hall–Kier alpha value is -1.95. The van der Waals surface area contributed by atoms with Crippen molar-refractivity contribution < 1.29 is 24.2 Å². The third-order valence-electron chi connectivity index (χ3n) is 3.05. The van der Waals surface area contributed by atoms with Crippen LogP contribution < -0.4 is 9.47 Å². The number of amides is 1. The van der Waals surface area contributed by atoms with Gasteiger partial charge in [-0.2, -0.15) is 0 Å². The first kappa shape index (κ1) is 19.1. The highest BCUT2D eigenvalue weighted by molar-refractivity contribution is 6.32. The second-order valence-electron chi connectivity index (χ2n) is 5.56. The van der Waals surface area contributed by atoms with Crippen molar-refractivity contribution in [3.63, 3.8) is 0 Å². The lowest BCUT2D eigenvalue weighted by Crippen LogP contribution is -2.29. The Balaban J connectivity index is 2.98. The summed E-state index contributed by atoms with van der Waals surface area (Å²) in [5.41, 5.74) is 0.316. The quantitative estimate of drug-likeness (QED) is 0.785. The summed E-state index contributed by atoms with van der Waals surface area (Å²) in [7, 11) is 3.01. The highest BCUT2D eigenvalue weighted by Gasteiger charge is 2.19. The van der Waals surface area contributed by atoms with Crippen LogP contribution in [0, 0.1) is 5.92 Å². The predicted octanol–water partition coefficient (Wildman–Crippen LogP) is 2.93. The van der Waals surface area contributed by atoms with E-state index in [0.717, 1.165) is 0 Å². The molecule has 0 radical (unpaired) electrons. The normalized spacial score (nSPS) is 10.5. The van der Waals surface area contributed by atoms with Crippen LogP contribution in [0.3, 0.4) is 0 Å². The van der Waals surface area contributed by atoms with Gasteiger partial charge < -0.3 is 19.5 Å². The van der Waals surface area contributed by atoms with Crippen LogP contribution in [0.15, 0.2) is 12.1 Å². The van der Waals surface area contributed by atoms with Gasteiger partial charge in [-0.05, 0) is 18.1 Å². The SMILES string of the molecule is COc1cc(C(=O)N(C)CCC(=O)O)cc(Cl)c1OCC(C)C. The smallest absolute Gasteiger partial charge is 0.305 e. The predicted molar refractivity (Wildman–Crippen MR) is 87.6 cm³/mol. The lowest BCUT2D eigenvalue weighted by Gasteiger charge is -2.19. The summed E-state index contributed by atoms with van der Waals surface area (Å²) in [5, 5.41) is 8.96. The van der Waals surface area contributed by atoms with E-state index >= 15 is 0 Å². The number of hydrogen-bond acceptors (Lipinski definition) is 4. The Morgan fingerprint density at radius 1 is 1.35 bits per heavy atom. The van der Waals surface area contributed by atoms with Crippen molar-refractivity contribution in [1.82, 2.24) is 4.90 Å². The molecule has 0 saturated carbocycles. The summed E-state index contributed by atoms with van der Waals surface area (Å²) in [6.45, 7) is 4.60. The van der Waals surface area contributed by atoms with E-state index in [0.29, 0.717) is 29.6 Å². The lowest BCUT2D eigenvalue weighted by atomic mass is 10.1. The van der Waals surface area contributed by atoms with Crippen LogP contribution in [0.25, 0.3) is 0 Å². The van der Waals surface area contributed by atoms with Gasteiger partial charge in [0.1, 0.15) is 0 Å². The maximum absolute atomic E-state index is 12.3. The lowest BCUT2D eigenvalue weighted by molar-refractivity contribution is -0.137. The van der Waals surface area contributed by atoms with Crippen LogP contribution in [0.2, 0.25) is 5.02 Å². The Bertz CT molecular complexity index is 574. The molecule has 128 valence electrons. The molecular formula is C16H22ClNO5. The standard InChI is InChI=1S/C16H22ClNO5/c1-10(2)9-23-15-12(17)7-11(8-13(15)22-4)16(21)18(3)6-5-14(19)20/h7-8,10H,5-6,9H2,1-4H3,(H,19,20). The molecule has 0 aliphatic carbocycles. The molecule has 0 aromatic heterocycles. The fourth-order valence-corrected chi connectivity index (χ4v) is 2.08. The molecule has 1 amide bonds. The largest absolute Gasteiger partial charge is 0.493 e. The van der Waals surface area contributed by atoms with Crippen LogP contribution in [-0.4, -0.2) is 49.2 Å². The number of carbonyl (C=O) groups excluding carboxylic acids is 1.